The van der Waals surface area contributed by atoms with Crippen molar-refractivity contribution in [2.45, 2.75) is 31.1 Å². The van der Waals surface area contributed by atoms with Gasteiger partial charge in [0, 0.05) is 12.7 Å². The molecule has 0 spiro atoms. The van der Waals surface area contributed by atoms with Crippen molar-refractivity contribution >= 4 is 17.6 Å². The summed E-state index contributed by atoms with van der Waals surface area (Å²) in [6.45, 7) is -0.415. The first-order valence-electron chi connectivity index (χ1n) is 8.91. The molecule has 0 aliphatic heterocycles. The second kappa shape index (κ2) is 7.78. The Morgan fingerprint density at radius 1 is 1.07 bits per heavy atom. The molecule has 3 rings (SSSR count). The third-order valence-electron chi connectivity index (χ3n) is 5.15. The fourth-order valence-electron chi connectivity index (χ4n) is 3.72. The van der Waals surface area contributed by atoms with Gasteiger partial charge in [0.05, 0.1) is 5.41 Å². The Bertz CT molecular complexity index is 811. The Kier molecular flexibility index (Phi) is 5.44. The van der Waals surface area contributed by atoms with E-state index in [2.05, 4.69) is 0 Å². The summed E-state index contributed by atoms with van der Waals surface area (Å²) < 4.78 is 18.5. The molecule has 2 aromatic carbocycles. The molecule has 0 radical (unpaired) electrons. The van der Waals surface area contributed by atoms with E-state index in [0.29, 0.717) is 11.4 Å². The molecule has 0 aromatic heterocycles. The van der Waals surface area contributed by atoms with E-state index in [9.17, 15) is 14.0 Å². The van der Waals surface area contributed by atoms with Crippen molar-refractivity contribution in [2.24, 2.45) is 0 Å². The third kappa shape index (κ3) is 3.94. The molecule has 1 N–H and O–H groups in total. The van der Waals surface area contributed by atoms with Gasteiger partial charge in [-0.2, -0.15) is 0 Å². The second-order valence-electron chi connectivity index (χ2n) is 6.84. The van der Waals surface area contributed by atoms with Gasteiger partial charge in [0.25, 0.3) is 0 Å². The van der Waals surface area contributed by atoms with E-state index < -0.39 is 18.0 Å². The van der Waals surface area contributed by atoms with Crippen LogP contribution in [0, 0.1) is 5.82 Å². The van der Waals surface area contributed by atoms with E-state index >= 15 is 0 Å². The van der Waals surface area contributed by atoms with Crippen LogP contribution in [0.2, 0.25) is 0 Å². The lowest BCUT2D eigenvalue weighted by Gasteiger charge is -2.33. The van der Waals surface area contributed by atoms with Gasteiger partial charge in [-0.15, -0.1) is 0 Å². The van der Waals surface area contributed by atoms with Crippen LogP contribution in [0.4, 0.5) is 10.1 Å². The zero-order valence-corrected chi connectivity index (χ0v) is 15.2. The van der Waals surface area contributed by atoms with Crippen LogP contribution in [0.15, 0.2) is 48.5 Å². The quantitative estimate of drug-likeness (QED) is 0.840. The highest BCUT2D eigenvalue weighted by molar-refractivity contribution is 6.01. The molecular weight excluding hydrogens is 349 g/mol. The lowest BCUT2D eigenvalue weighted by Crippen LogP contribution is -2.43. The van der Waals surface area contributed by atoms with Crippen LogP contribution in [-0.4, -0.2) is 30.6 Å². The second-order valence-corrected chi connectivity index (χ2v) is 6.84. The monoisotopic (exact) mass is 371 g/mol. The molecule has 5 nitrogen and oxygen atoms in total. The Balaban J connectivity index is 1.82. The number of benzene rings is 2. The summed E-state index contributed by atoms with van der Waals surface area (Å²) in [6, 6.07) is 12.9. The van der Waals surface area contributed by atoms with Crippen LogP contribution in [-0.2, 0) is 15.0 Å². The number of anilines is 1. The van der Waals surface area contributed by atoms with Gasteiger partial charge >= 0.3 is 5.97 Å². The number of nitrogens with zero attached hydrogens (tertiary/aromatic N) is 1. The summed E-state index contributed by atoms with van der Waals surface area (Å²) in [5.41, 5.74) is 0.900. The van der Waals surface area contributed by atoms with Crippen LogP contribution in [0.3, 0.4) is 0 Å². The summed E-state index contributed by atoms with van der Waals surface area (Å²) in [5.74, 6) is -0.958. The van der Waals surface area contributed by atoms with Gasteiger partial charge in [0.1, 0.15) is 11.6 Å². The fraction of sp³-hybridized carbons (Fsp3) is 0.333. The molecule has 0 atom stereocenters. The van der Waals surface area contributed by atoms with Gasteiger partial charge in [0.15, 0.2) is 6.61 Å². The molecular formula is C21H22FNO4. The minimum atomic E-state index is -1.05. The van der Waals surface area contributed by atoms with Crippen molar-refractivity contribution in [3.05, 3.63) is 59.9 Å². The van der Waals surface area contributed by atoms with Gasteiger partial charge in [-0.25, -0.2) is 9.18 Å². The first-order chi connectivity index (χ1) is 12.9. The van der Waals surface area contributed by atoms with Crippen LogP contribution in [0.1, 0.15) is 31.2 Å². The number of carboxylic acid groups (broad SMARTS) is 1. The number of ether oxygens (including phenoxy) is 1. The smallest absolute Gasteiger partial charge is 0.341 e. The van der Waals surface area contributed by atoms with Crippen LogP contribution in [0.5, 0.6) is 5.75 Å². The maximum absolute atomic E-state index is 13.4. The number of hydrogen-bond acceptors (Lipinski definition) is 3. The first-order valence-corrected chi connectivity index (χ1v) is 8.91. The molecule has 0 saturated heterocycles. The normalized spacial score (nSPS) is 15.3. The molecule has 142 valence electrons. The van der Waals surface area contributed by atoms with Crippen LogP contribution < -0.4 is 9.64 Å². The lowest BCUT2D eigenvalue weighted by atomic mass is 9.77. The minimum absolute atomic E-state index is 0.0224. The largest absolute Gasteiger partial charge is 0.482 e. The highest BCUT2D eigenvalue weighted by atomic mass is 19.1. The number of halogens is 1. The van der Waals surface area contributed by atoms with Crippen LogP contribution in [0.25, 0.3) is 0 Å². The minimum Gasteiger partial charge on any atom is -0.482 e. The van der Waals surface area contributed by atoms with Crippen molar-refractivity contribution in [1.29, 1.82) is 0 Å². The Morgan fingerprint density at radius 2 is 1.67 bits per heavy atom. The molecule has 1 amide bonds. The third-order valence-corrected chi connectivity index (χ3v) is 5.15. The van der Waals surface area contributed by atoms with E-state index in [1.54, 1.807) is 48.3 Å². The van der Waals surface area contributed by atoms with Crippen molar-refractivity contribution in [2.75, 3.05) is 18.6 Å². The fourth-order valence-corrected chi connectivity index (χ4v) is 3.72. The summed E-state index contributed by atoms with van der Waals surface area (Å²) in [5, 5.41) is 8.66. The molecule has 27 heavy (non-hydrogen) atoms. The topological polar surface area (TPSA) is 66.8 Å². The molecule has 1 aliphatic rings. The molecule has 1 fully saturated rings. The number of carbonyl (C=O) groups excluding carboxylic acids is 1. The average molecular weight is 371 g/mol. The predicted octanol–water partition coefficient (Wildman–Crippen LogP) is 3.76. The zero-order valence-electron chi connectivity index (χ0n) is 15.2. The van der Waals surface area contributed by atoms with Crippen molar-refractivity contribution in [1.82, 2.24) is 0 Å². The molecule has 6 heteroatoms. The van der Waals surface area contributed by atoms with E-state index in [-0.39, 0.29) is 11.7 Å². The molecule has 1 aliphatic carbocycles. The molecule has 0 unspecified atom stereocenters. The van der Waals surface area contributed by atoms with E-state index in [1.807, 2.05) is 0 Å². The Hall–Kier alpha value is -2.89. The number of hydrogen-bond donors (Lipinski definition) is 1. The summed E-state index contributed by atoms with van der Waals surface area (Å²) in [4.78, 5) is 25.6. The Labute approximate surface area is 157 Å². The van der Waals surface area contributed by atoms with E-state index in [4.69, 9.17) is 9.84 Å². The van der Waals surface area contributed by atoms with E-state index in [0.717, 1.165) is 31.2 Å². The average Bonchev–Trinajstić information content (AvgIpc) is 3.17. The molecule has 0 heterocycles. The number of carboxylic acids is 1. The summed E-state index contributed by atoms with van der Waals surface area (Å²) in [7, 11) is 1.72. The van der Waals surface area contributed by atoms with E-state index in [1.165, 1.54) is 12.1 Å². The van der Waals surface area contributed by atoms with Crippen LogP contribution >= 0.6 is 0 Å². The van der Waals surface area contributed by atoms with Gasteiger partial charge in [-0.05, 0) is 54.8 Å². The van der Waals surface area contributed by atoms with Crippen molar-refractivity contribution in [3.8, 4) is 5.75 Å². The molecule has 2 aromatic rings. The zero-order chi connectivity index (χ0) is 19.4. The lowest BCUT2D eigenvalue weighted by molar-refractivity contribution is -0.139. The molecule has 1 saturated carbocycles. The maximum Gasteiger partial charge on any atom is 0.341 e. The predicted molar refractivity (Wildman–Crippen MR) is 99.5 cm³/mol. The van der Waals surface area contributed by atoms with Crippen molar-refractivity contribution < 1.29 is 23.8 Å². The number of rotatable bonds is 6. The van der Waals surface area contributed by atoms with Gasteiger partial charge in [-0.1, -0.05) is 25.0 Å². The summed E-state index contributed by atoms with van der Waals surface area (Å²) in [6.07, 6.45) is 3.39. The maximum atomic E-state index is 13.4. The van der Waals surface area contributed by atoms with Gasteiger partial charge in [0.2, 0.25) is 5.91 Å². The summed E-state index contributed by atoms with van der Waals surface area (Å²) >= 11 is 0. The SMILES string of the molecule is CN(C(=O)C1(c2ccc(F)cc2)CCCC1)c1ccc(OCC(=O)O)cc1. The first kappa shape index (κ1) is 18.9. The number of carbonyl (C=O) groups is 2. The Morgan fingerprint density at radius 3 is 2.22 bits per heavy atom. The standard InChI is InChI=1S/C21H22FNO4/c1-23(17-8-10-18(11-9-17)27-14-19(24)25)20(26)21(12-2-3-13-21)15-4-6-16(22)7-5-15/h4-11H,2-3,12-14H2,1H3,(H,24,25). The number of amides is 1. The number of likely N-dealkylation sites (N-methyl/N-ethyl adjacent to an activating group) is 1. The highest BCUT2D eigenvalue weighted by Crippen LogP contribution is 2.43. The van der Waals surface area contributed by atoms with Gasteiger partial charge in [-0.3, -0.25) is 4.79 Å². The van der Waals surface area contributed by atoms with Gasteiger partial charge < -0.3 is 14.7 Å². The molecule has 0 bridgehead atoms. The number of aliphatic carboxylic acids is 1. The van der Waals surface area contributed by atoms with Crippen molar-refractivity contribution in [3.63, 3.8) is 0 Å². The highest BCUT2D eigenvalue weighted by Gasteiger charge is 2.44.